The van der Waals surface area contributed by atoms with Crippen molar-refractivity contribution in [3.63, 3.8) is 0 Å². The van der Waals surface area contributed by atoms with E-state index in [1.165, 1.54) is 5.56 Å². The fourth-order valence-corrected chi connectivity index (χ4v) is 1.85. The fraction of sp³-hybridized carbons (Fsp3) is 0.571. The molecule has 0 spiro atoms. The number of hydrogen-bond donors (Lipinski definition) is 1. The lowest BCUT2D eigenvalue weighted by atomic mass is 9.86. The van der Waals surface area contributed by atoms with Gasteiger partial charge in [-0.05, 0) is 42.4 Å². The van der Waals surface area contributed by atoms with Crippen molar-refractivity contribution in [2.75, 3.05) is 0 Å². The van der Waals surface area contributed by atoms with Crippen LogP contribution in [0.3, 0.4) is 0 Å². The van der Waals surface area contributed by atoms with E-state index >= 15 is 0 Å². The van der Waals surface area contributed by atoms with E-state index in [-0.39, 0.29) is 11.5 Å². The van der Waals surface area contributed by atoms with Crippen LogP contribution in [0.1, 0.15) is 39.2 Å². The van der Waals surface area contributed by atoms with E-state index in [0.717, 1.165) is 23.7 Å². The van der Waals surface area contributed by atoms with Crippen LogP contribution in [0.25, 0.3) is 0 Å². The topological polar surface area (TPSA) is 20.2 Å². The first-order chi connectivity index (χ1) is 7.39. The third kappa shape index (κ3) is 4.67. The summed E-state index contributed by atoms with van der Waals surface area (Å²) >= 11 is 3.42. The van der Waals surface area contributed by atoms with Gasteiger partial charge in [-0.15, -0.1) is 0 Å². The van der Waals surface area contributed by atoms with Crippen LogP contribution in [0.4, 0.5) is 0 Å². The van der Waals surface area contributed by atoms with E-state index in [1.54, 1.807) is 0 Å². The normalized spacial score (nSPS) is 13.8. The lowest BCUT2D eigenvalue weighted by molar-refractivity contribution is 0.0540. The Labute approximate surface area is 107 Å². The van der Waals surface area contributed by atoms with E-state index in [2.05, 4.69) is 61.0 Å². The van der Waals surface area contributed by atoms with Crippen molar-refractivity contribution in [3.8, 4) is 0 Å². The zero-order valence-electron chi connectivity index (χ0n) is 10.3. The summed E-state index contributed by atoms with van der Waals surface area (Å²) in [6, 6.07) is 8.39. The molecule has 0 saturated heterocycles. The third-order valence-electron chi connectivity index (χ3n) is 2.86. The van der Waals surface area contributed by atoms with Gasteiger partial charge in [-0.2, -0.15) is 0 Å². The molecule has 0 aliphatic carbocycles. The lowest BCUT2D eigenvalue weighted by Crippen LogP contribution is -2.25. The van der Waals surface area contributed by atoms with Crippen molar-refractivity contribution >= 4 is 15.9 Å². The van der Waals surface area contributed by atoms with Gasteiger partial charge in [0.05, 0.1) is 6.10 Å². The van der Waals surface area contributed by atoms with Gasteiger partial charge in [0.1, 0.15) is 0 Å². The fourth-order valence-electron chi connectivity index (χ4n) is 1.58. The Morgan fingerprint density at radius 3 is 2.25 bits per heavy atom. The summed E-state index contributed by atoms with van der Waals surface area (Å²) in [4.78, 5) is 0. The minimum atomic E-state index is -0.206. The molecule has 0 radical (unpaired) electrons. The highest BCUT2D eigenvalue weighted by Gasteiger charge is 2.21. The Bertz CT molecular complexity index is 311. The molecule has 0 bridgehead atoms. The molecule has 90 valence electrons. The van der Waals surface area contributed by atoms with Crippen molar-refractivity contribution in [3.05, 3.63) is 34.3 Å². The maximum atomic E-state index is 9.90. The number of aryl methyl sites for hydroxylation is 1. The van der Waals surface area contributed by atoms with Crippen molar-refractivity contribution < 1.29 is 5.11 Å². The van der Waals surface area contributed by atoms with Gasteiger partial charge in [-0.3, -0.25) is 0 Å². The molecule has 16 heavy (non-hydrogen) atoms. The van der Waals surface area contributed by atoms with Crippen molar-refractivity contribution in [1.29, 1.82) is 0 Å². The molecule has 1 rings (SSSR count). The first-order valence-electron chi connectivity index (χ1n) is 5.82. The van der Waals surface area contributed by atoms with E-state index < -0.39 is 0 Å². The summed E-state index contributed by atoms with van der Waals surface area (Å²) in [6.07, 6.45) is 2.75. The van der Waals surface area contributed by atoms with E-state index in [1.807, 2.05) is 0 Å². The number of halogens is 1. The Balaban J connectivity index is 2.33. The van der Waals surface area contributed by atoms with Crippen LogP contribution >= 0.6 is 15.9 Å². The Kier molecular flexibility index (Phi) is 5.00. The molecular weight excluding hydrogens is 264 g/mol. The van der Waals surface area contributed by atoms with E-state index in [9.17, 15) is 5.11 Å². The summed E-state index contributed by atoms with van der Waals surface area (Å²) in [5.41, 5.74) is 1.34. The molecule has 1 aromatic carbocycles. The van der Waals surface area contributed by atoms with Gasteiger partial charge in [0.2, 0.25) is 0 Å². The minimum absolute atomic E-state index is 0.000282. The average molecular weight is 285 g/mol. The summed E-state index contributed by atoms with van der Waals surface area (Å²) in [7, 11) is 0. The van der Waals surface area contributed by atoms with Gasteiger partial charge >= 0.3 is 0 Å². The highest BCUT2D eigenvalue weighted by molar-refractivity contribution is 9.10. The monoisotopic (exact) mass is 284 g/mol. The summed E-state index contributed by atoms with van der Waals surface area (Å²) in [5.74, 6) is 0. The Morgan fingerprint density at radius 1 is 1.19 bits per heavy atom. The first-order valence-corrected chi connectivity index (χ1v) is 6.61. The van der Waals surface area contributed by atoms with Crippen molar-refractivity contribution in [2.45, 2.75) is 46.1 Å². The maximum absolute atomic E-state index is 9.90. The van der Waals surface area contributed by atoms with Gasteiger partial charge in [0.25, 0.3) is 0 Å². The van der Waals surface area contributed by atoms with Crippen LogP contribution in [0.5, 0.6) is 0 Å². The Morgan fingerprint density at radius 2 is 1.75 bits per heavy atom. The Hall–Kier alpha value is -0.340. The largest absolute Gasteiger partial charge is 0.393 e. The maximum Gasteiger partial charge on any atom is 0.0588 e. The van der Waals surface area contributed by atoms with Gasteiger partial charge in [-0.1, -0.05) is 48.8 Å². The molecule has 0 saturated carbocycles. The smallest absolute Gasteiger partial charge is 0.0588 e. The van der Waals surface area contributed by atoms with Crippen LogP contribution in [-0.4, -0.2) is 11.2 Å². The van der Waals surface area contributed by atoms with Crippen molar-refractivity contribution in [2.24, 2.45) is 5.41 Å². The quantitative estimate of drug-likeness (QED) is 0.880. The lowest BCUT2D eigenvalue weighted by Gasteiger charge is -2.25. The molecule has 1 unspecified atom stereocenters. The number of aliphatic hydroxyl groups is 1. The molecule has 0 heterocycles. The van der Waals surface area contributed by atoms with Crippen LogP contribution in [0.15, 0.2) is 28.7 Å². The molecular formula is C14H21BrO. The molecule has 0 aliphatic rings. The molecule has 0 fully saturated rings. The van der Waals surface area contributed by atoms with Gasteiger partial charge in [-0.25, -0.2) is 0 Å². The summed E-state index contributed by atoms with van der Waals surface area (Å²) in [6.45, 7) is 6.24. The zero-order chi connectivity index (χ0) is 12.2. The zero-order valence-corrected chi connectivity index (χ0v) is 11.9. The van der Waals surface area contributed by atoms with Crippen LogP contribution in [0.2, 0.25) is 0 Å². The standard InChI is InChI=1S/C14H21BrO/c1-14(2,3)13(16)6-4-5-11-7-9-12(15)10-8-11/h7-10,13,16H,4-6H2,1-3H3. The molecule has 0 amide bonds. The molecule has 2 heteroatoms. The second-order valence-corrected chi connectivity index (χ2v) is 6.32. The second-order valence-electron chi connectivity index (χ2n) is 5.40. The number of aliphatic hydroxyl groups excluding tert-OH is 1. The SMILES string of the molecule is CC(C)(C)C(O)CCCc1ccc(Br)cc1. The molecule has 1 N–H and O–H groups in total. The molecule has 1 atom stereocenters. The van der Waals surface area contributed by atoms with E-state index in [4.69, 9.17) is 0 Å². The minimum Gasteiger partial charge on any atom is -0.393 e. The third-order valence-corrected chi connectivity index (χ3v) is 3.38. The highest BCUT2D eigenvalue weighted by Crippen LogP contribution is 2.23. The number of rotatable bonds is 4. The van der Waals surface area contributed by atoms with Crippen LogP contribution in [0, 0.1) is 5.41 Å². The molecule has 0 aliphatic heterocycles. The molecule has 0 aromatic heterocycles. The predicted molar refractivity (Wildman–Crippen MR) is 72.5 cm³/mol. The van der Waals surface area contributed by atoms with Crippen LogP contribution < -0.4 is 0 Å². The van der Waals surface area contributed by atoms with Gasteiger partial charge in [0, 0.05) is 4.47 Å². The second kappa shape index (κ2) is 5.83. The molecule has 1 nitrogen and oxygen atoms in total. The summed E-state index contributed by atoms with van der Waals surface area (Å²) in [5, 5.41) is 9.90. The summed E-state index contributed by atoms with van der Waals surface area (Å²) < 4.78 is 1.12. The molecule has 1 aromatic rings. The van der Waals surface area contributed by atoms with Crippen molar-refractivity contribution in [1.82, 2.24) is 0 Å². The number of benzene rings is 1. The predicted octanol–water partition coefficient (Wildman–Crippen LogP) is 4.18. The average Bonchev–Trinajstić information content (AvgIpc) is 2.19. The van der Waals surface area contributed by atoms with E-state index in [0.29, 0.717) is 0 Å². The van der Waals surface area contributed by atoms with Gasteiger partial charge < -0.3 is 5.11 Å². The van der Waals surface area contributed by atoms with Crippen LogP contribution in [-0.2, 0) is 6.42 Å². The first kappa shape index (κ1) is 13.7. The highest BCUT2D eigenvalue weighted by atomic mass is 79.9. The number of hydrogen-bond acceptors (Lipinski definition) is 1. The van der Waals surface area contributed by atoms with Gasteiger partial charge in [0.15, 0.2) is 0 Å².